The number of aliphatic carboxylic acids is 1. The number of carboxylic acids is 1. The minimum absolute atomic E-state index is 0.0546. The van der Waals surface area contributed by atoms with Crippen LogP contribution in [0.3, 0.4) is 0 Å². The van der Waals surface area contributed by atoms with Gasteiger partial charge in [0, 0.05) is 25.2 Å². The van der Waals surface area contributed by atoms with E-state index in [9.17, 15) is 14.7 Å². The first-order valence-electron chi connectivity index (χ1n) is 8.75. The van der Waals surface area contributed by atoms with Gasteiger partial charge in [-0.25, -0.2) is 4.79 Å². The maximum Gasteiger partial charge on any atom is 0.326 e. The Labute approximate surface area is 131 Å². The van der Waals surface area contributed by atoms with E-state index in [1.165, 1.54) is 6.42 Å². The Balaban J connectivity index is 1.54. The number of amides is 1. The fourth-order valence-corrected chi connectivity index (χ4v) is 5.20. The summed E-state index contributed by atoms with van der Waals surface area (Å²) in [7, 11) is 0. The summed E-state index contributed by atoms with van der Waals surface area (Å²) < 4.78 is 5.42. The van der Waals surface area contributed by atoms with Crippen LogP contribution in [0.15, 0.2) is 0 Å². The molecule has 4 fully saturated rings. The van der Waals surface area contributed by atoms with Crippen LogP contribution in [0.1, 0.15) is 51.4 Å². The molecular formula is C17H25NO4. The number of ether oxygens (including phenoxy) is 1. The molecule has 0 unspecified atom stereocenters. The van der Waals surface area contributed by atoms with E-state index in [1.807, 2.05) is 0 Å². The number of carbonyl (C=O) groups is 2. The van der Waals surface area contributed by atoms with E-state index in [0.29, 0.717) is 12.3 Å². The number of nitrogens with zero attached hydrogens (tertiary/aromatic N) is 1. The largest absolute Gasteiger partial charge is 0.480 e. The maximum absolute atomic E-state index is 13.1. The van der Waals surface area contributed by atoms with Crippen molar-refractivity contribution in [1.29, 1.82) is 0 Å². The molecule has 2 aliphatic heterocycles. The third-order valence-corrected chi connectivity index (χ3v) is 6.60. The summed E-state index contributed by atoms with van der Waals surface area (Å²) in [6.07, 6.45) is 7.90. The molecule has 0 aromatic rings. The quantitative estimate of drug-likeness (QED) is 0.848. The molecule has 5 nitrogen and oxygen atoms in total. The number of hydrogen-bond acceptors (Lipinski definition) is 3. The van der Waals surface area contributed by atoms with Crippen molar-refractivity contribution in [3.8, 4) is 0 Å². The van der Waals surface area contributed by atoms with Gasteiger partial charge in [0.15, 0.2) is 0 Å². The number of fused-ring (bicyclic) bond motifs is 1. The van der Waals surface area contributed by atoms with Crippen LogP contribution >= 0.6 is 0 Å². The Morgan fingerprint density at radius 2 is 1.86 bits per heavy atom. The molecule has 1 amide bonds. The van der Waals surface area contributed by atoms with E-state index in [1.54, 1.807) is 4.90 Å². The predicted octanol–water partition coefficient (Wildman–Crippen LogP) is 2.05. The van der Waals surface area contributed by atoms with Crippen molar-refractivity contribution in [3.05, 3.63) is 0 Å². The Morgan fingerprint density at radius 3 is 2.59 bits per heavy atom. The van der Waals surface area contributed by atoms with E-state index >= 15 is 0 Å². The molecule has 2 heterocycles. The van der Waals surface area contributed by atoms with E-state index in [4.69, 9.17) is 4.74 Å². The highest BCUT2D eigenvalue weighted by molar-refractivity contribution is 5.88. The molecule has 122 valence electrons. The normalized spacial score (nSPS) is 39.5. The van der Waals surface area contributed by atoms with Gasteiger partial charge in [-0.15, -0.1) is 0 Å². The van der Waals surface area contributed by atoms with Crippen LogP contribution in [0.5, 0.6) is 0 Å². The third-order valence-electron chi connectivity index (χ3n) is 6.60. The number of carbonyl (C=O) groups excluding carboxylic acids is 1. The molecule has 0 aromatic heterocycles. The molecule has 4 aliphatic rings. The summed E-state index contributed by atoms with van der Waals surface area (Å²) in [6.45, 7) is 1.50. The first kappa shape index (κ1) is 14.5. The topological polar surface area (TPSA) is 66.8 Å². The Hall–Kier alpha value is -1.10. The zero-order valence-electron chi connectivity index (χ0n) is 13.0. The van der Waals surface area contributed by atoms with Gasteiger partial charge in [0.1, 0.15) is 6.04 Å². The average Bonchev–Trinajstić information content (AvgIpc) is 3.06. The Morgan fingerprint density at radius 1 is 1.14 bits per heavy atom. The molecule has 0 aromatic carbocycles. The molecule has 1 spiro atoms. The summed E-state index contributed by atoms with van der Waals surface area (Å²) in [6, 6.07) is -0.405. The van der Waals surface area contributed by atoms with Gasteiger partial charge in [-0.1, -0.05) is 12.8 Å². The number of rotatable bonds is 2. The fraction of sp³-hybridized carbons (Fsp3) is 0.882. The molecule has 2 saturated heterocycles. The van der Waals surface area contributed by atoms with Crippen LogP contribution in [0.4, 0.5) is 0 Å². The van der Waals surface area contributed by atoms with Crippen LogP contribution in [0.25, 0.3) is 0 Å². The lowest BCUT2D eigenvalue weighted by Crippen LogP contribution is -2.47. The van der Waals surface area contributed by atoms with Crippen LogP contribution in [-0.2, 0) is 14.3 Å². The molecule has 4 rings (SSSR count). The van der Waals surface area contributed by atoms with Gasteiger partial charge in [-0.2, -0.15) is 0 Å². The first-order valence-corrected chi connectivity index (χ1v) is 8.75. The van der Waals surface area contributed by atoms with Crippen molar-refractivity contribution in [2.75, 3.05) is 13.2 Å². The fourth-order valence-electron chi connectivity index (χ4n) is 5.20. The minimum Gasteiger partial charge on any atom is -0.480 e. The zero-order valence-corrected chi connectivity index (χ0v) is 13.0. The molecule has 4 atom stereocenters. The second-order valence-electron chi connectivity index (χ2n) is 7.68. The summed E-state index contributed by atoms with van der Waals surface area (Å²) >= 11 is 0. The SMILES string of the molecule is O=C(O)[C@@H]1C[C@@H]2CCCC[C@@H]2N1C(=O)[C@H]1CC12CCOCC2. The molecule has 0 bridgehead atoms. The highest BCUT2D eigenvalue weighted by Gasteiger charge is 2.61. The molecule has 22 heavy (non-hydrogen) atoms. The van der Waals surface area contributed by atoms with Crippen molar-refractivity contribution in [2.24, 2.45) is 17.3 Å². The Kier molecular flexibility index (Phi) is 3.44. The average molecular weight is 307 g/mol. The van der Waals surface area contributed by atoms with Gasteiger partial charge in [0.25, 0.3) is 0 Å². The van der Waals surface area contributed by atoms with Crippen LogP contribution in [0, 0.1) is 17.3 Å². The molecular weight excluding hydrogens is 282 g/mol. The van der Waals surface area contributed by atoms with E-state index in [0.717, 1.165) is 51.7 Å². The van der Waals surface area contributed by atoms with Crippen molar-refractivity contribution >= 4 is 11.9 Å². The highest BCUT2D eigenvalue weighted by atomic mass is 16.5. The summed E-state index contributed by atoms with van der Waals surface area (Å²) in [4.78, 5) is 26.5. The monoisotopic (exact) mass is 307 g/mol. The molecule has 2 saturated carbocycles. The standard InChI is InChI=1S/C17H25NO4/c19-15(12-10-17(12)5-7-22-8-6-17)18-13-4-2-1-3-11(13)9-14(18)16(20)21/h11-14H,1-10H2,(H,20,21)/t11-,12+,13-,14-/m0/s1. The zero-order chi connectivity index (χ0) is 15.3. The van der Waals surface area contributed by atoms with E-state index < -0.39 is 12.0 Å². The van der Waals surface area contributed by atoms with Crippen molar-refractivity contribution < 1.29 is 19.4 Å². The van der Waals surface area contributed by atoms with Crippen molar-refractivity contribution in [3.63, 3.8) is 0 Å². The van der Waals surface area contributed by atoms with Gasteiger partial charge in [0.05, 0.1) is 0 Å². The van der Waals surface area contributed by atoms with E-state index in [2.05, 4.69) is 0 Å². The van der Waals surface area contributed by atoms with E-state index in [-0.39, 0.29) is 23.3 Å². The lowest BCUT2D eigenvalue weighted by Gasteiger charge is -2.34. The van der Waals surface area contributed by atoms with Crippen LogP contribution in [0.2, 0.25) is 0 Å². The first-order chi connectivity index (χ1) is 10.6. The summed E-state index contributed by atoms with van der Waals surface area (Å²) in [5, 5.41) is 9.57. The highest BCUT2D eigenvalue weighted by Crippen LogP contribution is 2.60. The minimum atomic E-state index is -0.815. The van der Waals surface area contributed by atoms with Gasteiger partial charge in [-0.05, 0) is 49.9 Å². The molecule has 5 heteroatoms. The van der Waals surface area contributed by atoms with Crippen molar-refractivity contribution in [1.82, 2.24) is 4.90 Å². The summed E-state index contributed by atoms with van der Waals surface area (Å²) in [5.74, 6) is -0.227. The smallest absolute Gasteiger partial charge is 0.326 e. The lowest BCUT2D eigenvalue weighted by molar-refractivity contribution is -0.151. The lowest BCUT2D eigenvalue weighted by atomic mass is 9.84. The van der Waals surface area contributed by atoms with Gasteiger partial charge >= 0.3 is 5.97 Å². The van der Waals surface area contributed by atoms with Gasteiger partial charge in [0.2, 0.25) is 5.91 Å². The maximum atomic E-state index is 13.1. The number of likely N-dealkylation sites (tertiary alicyclic amines) is 1. The van der Waals surface area contributed by atoms with Crippen LogP contribution in [-0.4, -0.2) is 47.2 Å². The second-order valence-corrected chi connectivity index (χ2v) is 7.68. The molecule has 1 N–H and O–H groups in total. The summed E-state index contributed by atoms with van der Waals surface area (Å²) in [5.41, 5.74) is 0.130. The Bertz CT molecular complexity index is 485. The predicted molar refractivity (Wildman–Crippen MR) is 79.2 cm³/mol. The third kappa shape index (κ3) is 2.16. The van der Waals surface area contributed by atoms with Gasteiger partial charge < -0.3 is 14.7 Å². The number of carboxylic acid groups (broad SMARTS) is 1. The number of hydrogen-bond donors (Lipinski definition) is 1. The van der Waals surface area contributed by atoms with Crippen LogP contribution < -0.4 is 0 Å². The molecule has 0 radical (unpaired) electrons. The van der Waals surface area contributed by atoms with Gasteiger partial charge in [-0.3, -0.25) is 4.79 Å². The second kappa shape index (κ2) is 5.22. The van der Waals surface area contributed by atoms with Crippen molar-refractivity contribution in [2.45, 2.75) is 63.5 Å². The molecule has 2 aliphatic carbocycles.